The average molecular weight is 381 g/mol. The van der Waals surface area contributed by atoms with Crippen LogP contribution in [0, 0.1) is 0 Å². The Morgan fingerprint density at radius 1 is 0.840 bits per heavy atom. The zero-order valence-electron chi connectivity index (χ0n) is 14.9. The molecule has 0 aromatic rings. The van der Waals surface area contributed by atoms with Gasteiger partial charge in [0, 0.05) is 6.08 Å². The van der Waals surface area contributed by atoms with Gasteiger partial charge in [0.2, 0.25) is 0 Å². The number of rotatable bonds is 9. The molecule has 0 aliphatic rings. The lowest BCUT2D eigenvalue weighted by Crippen LogP contribution is -2.14. The molecule has 0 aromatic heterocycles. The Kier molecular flexibility index (Phi) is 23.8. The molecule has 144 valence electrons. The van der Waals surface area contributed by atoms with E-state index in [1.807, 2.05) is 6.92 Å². The number of carbonyl (C=O) groups is 4. The summed E-state index contributed by atoms with van der Waals surface area (Å²) >= 11 is 4.69. The molecule has 9 heteroatoms. The molecule has 0 rings (SSSR count). The topological polar surface area (TPSA) is 105 Å². The van der Waals surface area contributed by atoms with E-state index in [1.54, 1.807) is 20.8 Å². The quantitative estimate of drug-likeness (QED) is 0.197. The van der Waals surface area contributed by atoms with Crippen molar-refractivity contribution >= 4 is 34.6 Å². The van der Waals surface area contributed by atoms with Crippen LogP contribution in [-0.4, -0.2) is 49.4 Å². The second-order valence-corrected chi connectivity index (χ2v) is 3.80. The predicted octanol–water partition coefficient (Wildman–Crippen LogP) is 2.15. The summed E-state index contributed by atoms with van der Waals surface area (Å²) in [6, 6.07) is 0. The molecular weight excluding hydrogens is 356 g/mol. The van der Waals surface area contributed by atoms with Crippen LogP contribution < -0.4 is 0 Å². The van der Waals surface area contributed by atoms with Crippen molar-refractivity contribution in [1.82, 2.24) is 0 Å². The van der Waals surface area contributed by atoms with E-state index in [4.69, 9.17) is 16.3 Å². The van der Waals surface area contributed by atoms with Gasteiger partial charge in [-0.15, -0.1) is 0 Å². The zero-order valence-corrected chi connectivity index (χ0v) is 15.7. The number of hydrogen-bond acceptors (Lipinski definition) is 8. The number of esters is 2. The number of carbonyl (C=O) groups excluding carboxylic acids is 4. The molecule has 0 spiro atoms. The van der Waals surface area contributed by atoms with E-state index in [0.29, 0.717) is 6.61 Å². The minimum atomic E-state index is -1.08. The second kappa shape index (κ2) is 21.6. The normalized spacial score (nSPS) is 8.68. The molecule has 0 atom stereocenters. The lowest BCUT2D eigenvalue weighted by molar-refractivity contribution is -0.151. The fourth-order valence-corrected chi connectivity index (χ4v) is 0.837. The van der Waals surface area contributed by atoms with Crippen LogP contribution in [0.4, 0.5) is 0 Å². The van der Waals surface area contributed by atoms with Crippen molar-refractivity contribution in [2.75, 3.05) is 26.4 Å². The van der Waals surface area contributed by atoms with Crippen LogP contribution >= 0.6 is 11.6 Å². The smallest absolute Gasteiger partial charge is 0.391 e. The highest BCUT2D eigenvalue weighted by Crippen LogP contribution is 1.85. The van der Waals surface area contributed by atoms with E-state index in [0.717, 1.165) is 12.7 Å². The van der Waals surface area contributed by atoms with Crippen molar-refractivity contribution < 1.29 is 38.1 Å². The average Bonchev–Trinajstić information content (AvgIpc) is 2.57. The number of ketones is 1. The first-order valence-corrected chi connectivity index (χ1v) is 7.78. The van der Waals surface area contributed by atoms with Gasteiger partial charge in [-0.3, -0.25) is 9.59 Å². The summed E-state index contributed by atoms with van der Waals surface area (Å²) in [6.07, 6.45) is 3.65. The molecule has 0 aromatic carbocycles. The molecule has 0 saturated carbocycles. The van der Waals surface area contributed by atoms with Gasteiger partial charge in [-0.1, -0.05) is 6.58 Å². The summed E-state index contributed by atoms with van der Waals surface area (Å²) in [5, 5.41) is -1.08. The fraction of sp³-hybridized carbons (Fsp3) is 0.500. The molecule has 0 saturated heterocycles. The lowest BCUT2D eigenvalue weighted by Gasteiger charge is -1.95. The van der Waals surface area contributed by atoms with E-state index in [1.165, 1.54) is 12.5 Å². The summed E-state index contributed by atoms with van der Waals surface area (Å²) in [4.78, 5) is 41.3. The van der Waals surface area contributed by atoms with Gasteiger partial charge < -0.3 is 18.9 Å². The molecule has 0 aliphatic heterocycles. The summed E-state index contributed by atoms with van der Waals surface area (Å²) in [6.45, 7) is 11.8. The fourth-order valence-electron chi connectivity index (χ4n) is 0.782. The van der Waals surface area contributed by atoms with Crippen molar-refractivity contribution in [3.05, 3.63) is 25.2 Å². The predicted molar refractivity (Wildman–Crippen MR) is 91.7 cm³/mol. The number of hydrogen-bond donors (Lipinski definition) is 0. The first-order valence-electron chi connectivity index (χ1n) is 7.40. The summed E-state index contributed by atoms with van der Waals surface area (Å²) in [5.74, 6) is -2.55. The highest BCUT2D eigenvalue weighted by molar-refractivity contribution is 6.80. The number of ether oxygens (including phenoxy) is 4. The van der Waals surface area contributed by atoms with Gasteiger partial charge in [0.15, 0.2) is 0 Å². The first-order chi connectivity index (χ1) is 11.8. The second-order valence-electron chi connectivity index (χ2n) is 3.46. The largest absolute Gasteiger partial charge is 0.502 e. The molecule has 0 radical (unpaired) electrons. The van der Waals surface area contributed by atoms with E-state index < -0.39 is 23.0 Å². The monoisotopic (exact) mass is 380 g/mol. The first kappa shape index (κ1) is 27.5. The van der Waals surface area contributed by atoms with E-state index in [2.05, 4.69) is 20.8 Å². The van der Waals surface area contributed by atoms with Gasteiger partial charge in [0.25, 0.3) is 5.78 Å². The maximum atomic E-state index is 10.8. The summed E-state index contributed by atoms with van der Waals surface area (Å²) < 4.78 is 17.9. The third-order valence-corrected chi connectivity index (χ3v) is 1.83. The molecule has 0 aliphatic carbocycles. The number of halogens is 1. The molecule has 0 amide bonds. The molecular formula is C16H25ClO8. The van der Waals surface area contributed by atoms with Crippen LogP contribution in [-0.2, 0) is 38.1 Å². The van der Waals surface area contributed by atoms with Crippen molar-refractivity contribution in [3.8, 4) is 0 Å². The molecule has 25 heavy (non-hydrogen) atoms. The van der Waals surface area contributed by atoms with Crippen LogP contribution in [0.5, 0.6) is 0 Å². The zero-order chi connectivity index (χ0) is 20.1. The van der Waals surface area contributed by atoms with Crippen molar-refractivity contribution in [2.24, 2.45) is 0 Å². The molecule has 0 unspecified atom stereocenters. The van der Waals surface area contributed by atoms with Crippen molar-refractivity contribution in [3.63, 3.8) is 0 Å². The Labute approximate surface area is 152 Å². The molecule has 8 nitrogen and oxygen atoms in total. The van der Waals surface area contributed by atoms with Crippen LogP contribution in [0.15, 0.2) is 25.2 Å². The Hall–Kier alpha value is -2.35. The molecule has 0 heterocycles. The Bertz CT molecular complexity index is 432. The van der Waals surface area contributed by atoms with Crippen LogP contribution in [0.3, 0.4) is 0 Å². The lowest BCUT2D eigenvalue weighted by atomic mass is 10.4. The van der Waals surface area contributed by atoms with E-state index in [-0.39, 0.29) is 13.2 Å². The van der Waals surface area contributed by atoms with Crippen LogP contribution in [0.2, 0.25) is 0 Å². The minimum absolute atomic E-state index is 0.178. The third kappa shape index (κ3) is 24.0. The highest BCUT2D eigenvalue weighted by Gasteiger charge is 2.10. The Balaban J connectivity index is -0.000000321. The molecule has 0 bridgehead atoms. The Morgan fingerprint density at radius 2 is 1.32 bits per heavy atom. The van der Waals surface area contributed by atoms with Gasteiger partial charge in [0.05, 0.1) is 39.0 Å². The standard InChI is InChI=1S/C8H12O4.C4H5ClO3.C4H8O/c1-3-11-6-5-7(9)8(10)12-4-2;1-2-8-4(7)3(5)6;1-3-5-4-2/h5-6H,3-4H2,1-2H3;2H2,1H3;3H,1,4H2,2H3. The molecule has 0 N–H and O–H groups in total. The van der Waals surface area contributed by atoms with Gasteiger partial charge in [-0.2, -0.15) is 0 Å². The highest BCUT2D eigenvalue weighted by atomic mass is 35.5. The van der Waals surface area contributed by atoms with Crippen LogP contribution in [0.1, 0.15) is 27.7 Å². The molecule has 0 fully saturated rings. The van der Waals surface area contributed by atoms with E-state index >= 15 is 0 Å². The Morgan fingerprint density at radius 3 is 1.60 bits per heavy atom. The maximum absolute atomic E-state index is 10.8. The van der Waals surface area contributed by atoms with E-state index in [9.17, 15) is 19.2 Å². The SMILES string of the molecule is C=COCC.CCOC(=O)C(=O)Cl.CCOC=CC(=O)C(=O)OCC. The maximum Gasteiger partial charge on any atom is 0.391 e. The van der Waals surface area contributed by atoms with Crippen molar-refractivity contribution in [1.29, 1.82) is 0 Å². The summed E-state index contributed by atoms with van der Waals surface area (Å²) in [7, 11) is 0. The summed E-state index contributed by atoms with van der Waals surface area (Å²) in [5.41, 5.74) is 0. The third-order valence-electron chi connectivity index (χ3n) is 1.68. The van der Waals surface area contributed by atoms with Crippen molar-refractivity contribution in [2.45, 2.75) is 27.7 Å². The van der Waals surface area contributed by atoms with Gasteiger partial charge >= 0.3 is 17.2 Å². The minimum Gasteiger partial charge on any atom is -0.502 e. The van der Waals surface area contributed by atoms with Gasteiger partial charge in [-0.05, 0) is 39.3 Å². The van der Waals surface area contributed by atoms with Gasteiger partial charge in [-0.25, -0.2) is 9.59 Å². The van der Waals surface area contributed by atoms with Gasteiger partial charge in [0.1, 0.15) is 0 Å². The van der Waals surface area contributed by atoms with Crippen LogP contribution in [0.25, 0.3) is 0 Å².